The van der Waals surface area contributed by atoms with Gasteiger partial charge in [0.1, 0.15) is 0 Å². The first-order valence-corrected chi connectivity index (χ1v) is 6.16. The van der Waals surface area contributed by atoms with Crippen molar-refractivity contribution in [3.8, 4) is 11.5 Å². The minimum absolute atomic E-state index is 0.212. The third-order valence-corrected chi connectivity index (χ3v) is 3.23. The van der Waals surface area contributed by atoms with Crippen molar-refractivity contribution in [2.45, 2.75) is 32.3 Å². The second kappa shape index (κ2) is 5.41. The van der Waals surface area contributed by atoms with E-state index in [1.54, 1.807) is 14.2 Å². The van der Waals surface area contributed by atoms with Gasteiger partial charge >= 0.3 is 0 Å². The van der Waals surface area contributed by atoms with Crippen LogP contribution >= 0.6 is 0 Å². The van der Waals surface area contributed by atoms with Crippen molar-refractivity contribution in [1.29, 1.82) is 0 Å². The predicted molar refractivity (Wildman–Crippen MR) is 66.9 cm³/mol. The Balaban J connectivity index is 2.39. The monoisotopic (exact) mass is 236 g/mol. The van der Waals surface area contributed by atoms with Crippen LogP contribution in [0.5, 0.6) is 11.5 Å². The highest BCUT2D eigenvalue weighted by atomic mass is 16.5. The molecule has 0 saturated heterocycles. The largest absolute Gasteiger partial charge is 0.493 e. The van der Waals surface area contributed by atoms with Gasteiger partial charge in [0.05, 0.1) is 26.9 Å². The third-order valence-electron chi connectivity index (χ3n) is 3.23. The minimum atomic E-state index is 0.212. The smallest absolute Gasteiger partial charge is 0.161 e. The molecule has 1 aliphatic rings. The maximum absolute atomic E-state index is 5.82. The predicted octanol–water partition coefficient (Wildman–Crippen LogP) is 3.12. The number of methoxy groups -OCH3 is 2. The molecule has 1 unspecified atom stereocenters. The Hall–Kier alpha value is -1.22. The molecule has 0 N–H and O–H groups in total. The van der Waals surface area contributed by atoms with Gasteiger partial charge in [-0.2, -0.15) is 0 Å². The van der Waals surface area contributed by atoms with Gasteiger partial charge in [-0.1, -0.05) is 13.3 Å². The van der Waals surface area contributed by atoms with E-state index in [1.165, 1.54) is 11.1 Å². The van der Waals surface area contributed by atoms with Crippen LogP contribution in [0.2, 0.25) is 0 Å². The van der Waals surface area contributed by atoms with Crippen LogP contribution < -0.4 is 9.47 Å². The fourth-order valence-electron chi connectivity index (χ4n) is 2.35. The lowest BCUT2D eigenvalue weighted by Gasteiger charge is -2.27. The quantitative estimate of drug-likeness (QED) is 0.804. The molecular weight excluding hydrogens is 216 g/mol. The zero-order chi connectivity index (χ0) is 12.3. The van der Waals surface area contributed by atoms with Crippen LogP contribution in [-0.2, 0) is 11.2 Å². The van der Waals surface area contributed by atoms with Gasteiger partial charge in [-0.3, -0.25) is 0 Å². The molecule has 2 rings (SSSR count). The molecular formula is C14H20O3. The van der Waals surface area contributed by atoms with Crippen molar-refractivity contribution in [1.82, 2.24) is 0 Å². The molecule has 3 nitrogen and oxygen atoms in total. The Morgan fingerprint density at radius 2 is 1.94 bits per heavy atom. The van der Waals surface area contributed by atoms with Crippen LogP contribution in [0.15, 0.2) is 12.1 Å². The molecule has 17 heavy (non-hydrogen) atoms. The fourth-order valence-corrected chi connectivity index (χ4v) is 2.35. The molecule has 94 valence electrons. The summed E-state index contributed by atoms with van der Waals surface area (Å²) in [6.45, 7) is 2.98. The summed E-state index contributed by atoms with van der Waals surface area (Å²) in [6, 6.07) is 4.15. The molecule has 0 fully saturated rings. The van der Waals surface area contributed by atoms with Crippen LogP contribution in [0, 0.1) is 0 Å². The first-order chi connectivity index (χ1) is 8.30. The highest BCUT2D eigenvalue weighted by molar-refractivity contribution is 5.48. The van der Waals surface area contributed by atoms with E-state index < -0.39 is 0 Å². The highest BCUT2D eigenvalue weighted by Gasteiger charge is 2.22. The van der Waals surface area contributed by atoms with Crippen molar-refractivity contribution < 1.29 is 14.2 Å². The Bertz CT molecular complexity index is 387. The Kier molecular flexibility index (Phi) is 3.89. The van der Waals surface area contributed by atoms with Crippen molar-refractivity contribution >= 4 is 0 Å². The standard InChI is InChI=1S/C14H20O3/c1-4-5-12-11-9-14(16-3)13(15-2)8-10(11)6-7-17-12/h8-9,12H,4-7H2,1-3H3. The Labute approximate surface area is 103 Å². The molecule has 1 heterocycles. The number of rotatable bonds is 4. The third kappa shape index (κ3) is 2.39. The summed E-state index contributed by atoms with van der Waals surface area (Å²) in [5, 5.41) is 0. The maximum Gasteiger partial charge on any atom is 0.161 e. The van der Waals surface area contributed by atoms with Crippen molar-refractivity contribution in [3.05, 3.63) is 23.3 Å². The molecule has 1 aromatic carbocycles. The molecule has 3 heteroatoms. The first kappa shape index (κ1) is 12.2. The molecule has 0 aromatic heterocycles. The Morgan fingerprint density at radius 3 is 2.59 bits per heavy atom. The SMILES string of the molecule is CCCC1OCCc2cc(OC)c(OC)cc21. The summed E-state index contributed by atoms with van der Waals surface area (Å²) in [5.74, 6) is 1.60. The summed E-state index contributed by atoms with van der Waals surface area (Å²) in [5.41, 5.74) is 2.59. The number of hydrogen-bond acceptors (Lipinski definition) is 3. The summed E-state index contributed by atoms with van der Waals surface area (Å²) >= 11 is 0. The van der Waals surface area contributed by atoms with E-state index in [-0.39, 0.29) is 6.10 Å². The van der Waals surface area contributed by atoms with Gasteiger partial charge in [-0.15, -0.1) is 0 Å². The van der Waals surface area contributed by atoms with Crippen molar-refractivity contribution in [2.24, 2.45) is 0 Å². The van der Waals surface area contributed by atoms with E-state index in [9.17, 15) is 0 Å². The van der Waals surface area contributed by atoms with Crippen LogP contribution in [0.25, 0.3) is 0 Å². The van der Waals surface area contributed by atoms with Gasteiger partial charge in [0.25, 0.3) is 0 Å². The molecule has 1 aliphatic heterocycles. The molecule has 0 amide bonds. The van der Waals surface area contributed by atoms with E-state index in [0.717, 1.165) is 37.4 Å². The fraction of sp³-hybridized carbons (Fsp3) is 0.571. The van der Waals surface area contributed by atoms with Crippen LogP contribution in [0.1, 0.15) is 37.0 Å². The average Bonchev–Trinajstić information content (AvgIpc) is 2.38. The molecule has 0 aliphatic carbocycles. The number of fused-ring (bicyclic) bond motifs is 1. The van der Waals surface area contributed by atoms with Crippen molar-refractivity contribution in [3.63, 3.8) is 0 Å². The van der Waals surface area contributed by atoms with Gasteiger partial charge in [0.2, 0.25) is 0 Å². The molecule has 1 aromatic rings. The summed E-state index contributed by atoms with van der Waals surface area (Å²) < 4.78 is 16.5. The second-order valence-corrected chi connectivity index (χ2v) is 4.30. The van der Waals surface area contributed by atoms with Crippen LogP contribution in [0.4, 0.5) is 0 Å². The van der Waals surface area contributed by atoms with Gasteiger partial charge in [-0.25, -0.2) is 0 Å². The van der Waals surface area contributed by atoms with Gasteiger partial charge < -0.3 is 14.2 Å². The summed E-state index contributed by atoms with van der Waals surface area (Å²) in [4.78, 5) is 0. The van der Waals surface area contributed by atoms with Crippen molar-refractivity contribution in [2.75, 3.05) is 20.8 Å². The summed E-state index contributed by atoms with van der Waals surface area (Å²) in [7, 11) is 3.34. The van der Waals surface area contributed by atoms with Gasteiger partial charge in [0, 0.05) is 0 Å². The van der Waals surface area contributed by atoms with Crippen LogP contribution in [-0.4, -0.2) is 20.8 Å². The van der Waals surface area contributed by atoms with E-state index in [0.29, 0.717) is 0 Å². The molecule has 1 atom stereocenters. The maximum atomic E-state index is 5.82. The van der Waals surface area contributed by atoms with E-state index in [2.05, 4.69) is 19.1 Å². The van der Waals surface area contributed by atoms with E-state index in [4.69, 9.17) is 14.2 Å². The normalized spacial score (nSPS) is 18.6. The highest BCUT2D eigenvalue weighted by Crippen LogP contribution is 2.38. The summed E-state index contributed by atoms with van der Waals surface area (Å²) in [6.07, 6.45) is 3.35. The Morgan fingerprint density at radius 1 is 1.24 bits per heavy atom. The van der Waals surface area contributed by atoms with Gasteiger partial charge in [-0.05, 0) is 36.1 Å². The average molecular weight is 236 g/mol. The van der Waals surface area contributed by atoms with Gasteiger partial charge in [0.15, 0.2) is 11.5 Å². The minimum Gasteiger partial charge on any atom is -0.493 e. The zero-order valence-electron chi connectivity index (χ0n) is 10.8. The lowest BCUT2D eigenvalue weighted by atomic mass is 9.94. The lowest BCUT2D eigenvalue weighted by molar-refractivity contribution is 0.0358. The lowest BCUT2D eigenvalue weighted by Crippen LogP contribution is -2.16. The molecule has 0 saturated carbocycles. The van der Waals surface area contributed by atoms with E-state index >= 15 is 0 Å². The topological polar surface area (TPSA) is 27.7 Å². The zero-order valence-corrected chi connectivity index (χ0v) is 10.8. The number of ether oxygens (including phenoxy) is 3. The molecule has 0 radical (unpaired) electrons. The molecule has 0 spiro atoms. The number of hydrogen-bond donors (Lipinski definition) is 0. The van der Waals surface area contributed by atoms with E-state index in [1.807, 2.05) is 0 Å². The number of benzene rings is 1. The van der Waals surface area contributed by atoms with Crippen LogP contribution in [0.3, 0.4) is 0 Å². The second-order valence-electron chi connectivity index (χ2n) is 4.30. The first-order valence-electron chi connectivity index (χ1n) is 6.16. The molecule has 0 bridgehead atoms.